The van der Waals surface area contributed by atoms with Crippen molar-refractivity contribution >= 4 is 0 Å². The summed E-state index contributed by atoms with van der Waals surface area (Å²) in [6.45, 7) is 7.83. The molecule has 0 aromatic carbocycles. The molecule has 0 bridgehead atoms. The van der Waals surface area contributed by atoms with Crippen LogP contribution in [0.5, 0.6) is 0 Å². The fourth-order valence-electron chi connectivity index (χ4n) is 2.95. The van der Waals surface area contributed by atoms with Gasteiger partial charge in [0.25, 0.3) is 0 Å². The number of nitrogens with one attached hydrogen (secondary N) is 1. The van der Waals surface area contributed by atoms with E-state index in [9.17, 15) is 0 Å². The van der Waals surface area contributed by atoms with Gasteiger partial charge in [-0.25, -0.2) is 0 Å². The number of nitrogens with zero attached hydrogens (tertiary/aromatic N) is 3. The molecule has 1 saturated carbocycles. The lowest BCUT2D eigenvalue weighted by molar-refractivity contribution is 0.231. The Morgan fingerprint density at radius 2 is 2.26 bits per heavy atom. The second-order valence-electron chi connectivity index (χ2n) is 6.38. The first-order chi connectivity index (χ1) is 9.22. The maximum atomic E-state index is 4.45. The highest BCUT2D eigenvalue weighted by Gasteiger charge is 2.31. The second kappa shape index (κ2) is 5.63. The zero-order valence-corrected chi connectivity index (χ0v) is 12.2. The van der Waals surface area contributed by atoms with Crippen LogP contribution in [0.15, 0.2) is 12.4 Å². The van der Waals surface area contributed by atoms with Crippen molar-refractivity contribution in [3.8, 4) is 0 Å². The molecular formula is C15H26N4. The predicted molar refractivity (Wildman–Crippen MR) is 77.1 cm³/mol. The summed E-state index contributed by atoms with van der Waals surface area (Å²) in [4.78, 5) is 2.66. The quantitative estimate of drug-likeness (QED) is 0.853. The van der Waals surface area contributed by atoms with Crippen molar-refractivity contribution in [1.82, 2.24) is 20.0 Å². The highest BCUT2D eigenvalue weighted by molar-refractivity contribution is 5.06. The van der Waals surface area contributed by atoms with E-state index in [-0.39, 0.29) is 0 Å². The van der Waals surface area contributed by atoms with Crippen LogP contribution in [0, 0.1) is 0 Å². The molecule has 1 atom stereocenters. The van der Waals surface area contributed by atoms with Crippen LogP contribution in [-0.4, -0.2) is 39.9 Å². The largest absolute Gasteiger partial charge is 0.313 e. The SMILES string of the molecule is CC(C)n1cc(CN(CC2CCCN2)C2CC2)cn1. The summed E-state index contributed by atoms with van der Waals surface area (Å²) in [5.41, 5.74) is 1.36. The van der Waals surface area contributed by atoms with Gasteiger partial charge in [0, 0.05) is 43.0 Å². The summed E-state index contributed by atoms with van der Waals surface area (Å²) in [7, 11) is 0. The van der Waals surface area contributed by atoms with Crippen LogP contribution in [0.2, 0.25) is 0 Å². The Balaban J connectivity index is 1.60. The van der Waals surface area contributed by atoms with Gasteiger partial charge < -0.3 is 5.32 Å². The van der Waals surface area contributed by atoms with Gasteiger partial charge in [0.2, 0.25) is 0 Å². The molecule has 1 aromatic heterocycles. The Morgan fingerprint density at radius 3 is 2.84 bits per heavy atom. The molecule has 106 valence electrons. The molecule has 1 saturated heterocycles. The summed E-state index contributed by atoms with van der Waals surface area (Å²) < 4.78 is 2.06. The fraction of sp³-hybridized carbons (Fsp3) is 0.800. The third kappa shape index (κ3) is 3.37. The van der Waals surface area contributed by atoms with Crippen molar-refractivity contribution in [3.63, 3.8) is 0 Å². The maximum Gasteiger partial charge on any atom is 0.0534 e. The normalized spacial score (nSPS) is 23.7. The maximum absolute atomic E-state index is 4.45. The predicted octanol–water partition coefficient (Wildman–Crippen LogP) is 2.18. The minimum Gasteiger partial charge on any atom is -0.313 e. The van der Waals surface area contributed by atoms with E-state index in [1.807, 2.05) is 6.20 Å². The first-order valence-electron chi connectivity index (χ1n) is 7.73. The summed E-state index contributed by atoms with van der Waals surface area (Å²) in [6.07, 6.45) is 9.69. The van der Waals surface area contributed by atoms with Crippen LogP contribution in [0.25, 0.3) is 0 Å². The van der Waals surface area contributed by atoms with Crippen LogP contribution >= 0.6 is 0 Å². The first-order valence-corrected chi connectivity index (χ1v) is 7.73. The molecule has 2 aliphatic rings. The summed E-state index contributed by atoms with van der Waals surface area (Å²) in [5.74, 6) is 0. The van der Waals surface area contributed by atoms with E-state index >= 15 is 0 Å². The molecule has 1 N–H and O–H groups in total. The fourth-order valence-corrected chi connectivity index (χ4v) is 2.95. The monoisotopic (exact) mass is 262 g/mol. The topological polar surface area (TPSA) is 33.1 Å². The first kappa shape index (κ1) is 13.1. The average molecular weight is 262 g/mol. The van der Waals surface area contributed by atoms with Gasteiger partial charge in [-0.1, -0.05) is 0 Å². The van der Waals surface area contributed by atoms with Gasteiger partial charge in [-0.3, -0.25) is 9.58 Å². The van der Waals surface area contributed by atoms with Crippen molar-refractivity contribution < 1.29 is 0 Å². The Morgan fingerprint density at radius 1 is 1.42 bits per heavy atom. The molecule has 0 radical (unpaired) electrons. The summed E-state index contributed by atoms with van der Waals surface area (Å²) >= 11 is 0. The summed E-state index contributed by atoms with van der Waals surface area (Å²) in [5, 5.41) is 8.07. The van der Waals surface area contributed by atoms with Gasteiger partial charge in [-0.05, 0) is 46.1 Å². The molecule has 0 amide bonds. The number of hydrogen-bond acceptors (Lipinski definition) is 3. The Hall–Kier alpha value is -0.870. The van der Waals surface area contributed by atoms with Gasteiger partial charge in [0.05, 0.1) is 6.20 Å². The van der Waals surface area contributed by atoms with Crippen molar-refractivity contribution in [1.29, 1.82) is 0 Å². The third-order valence-corrected chi connectivity index (χ3v) is 4.25. The smallest absolute Gasteiger partial charge is 0.0534 e. The zero-order valence-electron chi connectivity index (χ0n) is 12.2. The number of aromatic nitrogens is 2. The molecule has 2 heterocycles. The lowest BCUT2D eigenvalue weighted by Gasteiger charge is -2.25. The minimum atomic E-state index is 0.458. The van der Waals surface area contributed by atoms with Gasteiger partial charge in [0.15, 0.2) is 0 Å². The lowest BCUT2D eigenvalue weighted by atomic mass is 10.2. The molecule has 0 spiro atoms. The van der Waals surface area contributed by atoms with Crippen LogP contribution in [-0.2, 0) is 6.54 Å². The molecule has 19 heavy (non-hydrogen) atoms. The highest BCUT2D eigenvalue weighted by Crippen LogP contribution is 2.29. The number of hydrogen-bond donors (Lipinski definition) is 1. The van der Waals surface area contributed by atoms with Gasteiger partial charge in [-0.15, -0.1) is 0 Å². The molecule has 1 unspecified atom stereocenters. The standard InChI is InChI=1S/C15H26N4/c1-12(2)19-10-13(8-17-19)9-18(15-5-6-15)11-14-4-3-7-16-14/h8,10,12,14-16H,3-7,9,11H2,1-2H3. The van der Waals surface area contributed by atoms with E-state index < -0.39 is 0 Å². The minimum absolute atomic E-state index is 0.458. The van der Waals surface area contributed by atoms with Crippen molar-refractivity contribution in [2.24, 2.45) is 0 Å². The molecular weight excluding hydrogens is 236 g/mol. The van der Waals surface area contributed by atoms with E-state index in [0.29, 0.717) is 12.1 Å². The van der Waals surface area contributed by atoms with E-state index in [1.54, 1.807) is 0 Å². The molecule has 3 rings (SSSR count). The number of rotatable bonds is 6. The van der Waals surface area contributed by atoms with E-state index in [4.69, 9.17) is 0 Å². The van der Waals surface area contributed by atoms with Crippen LogP contribution in [0.1, 0.15) is 51.1 Å². The van der Waals surface area contributed by atoms with Crippen LogP contribution < -0.4 is 5.32 Å². The van der Waals surface area contributed by atoms with Crippen molar-refractivity contribution in [2.75, 3.05) is 13.1 Å². The van der Waals surface area contributed by atoms with Crippen molar-refractivity contribution in [2.45, 2.75) is 64.2 Å². The molecule has 4 nitrogen and oxygen atoms in total. The van der Waals surface area contributed by atoms with Gasteiger partial charge in [0.1, 0.15) is 0 Å². The van der Waals surface area contributed by atoms with Crippen LogP contribution in [0.4, 0.5) is 0 Å². The Bertz CT molecular complexity index is 402. The molecule has 1 aliphatic carbocycles. The van der Waals surface area contributed by atoms with E-state index in [0.717, 1.165) is 12.6 Å². The van der Waals surface area contributed by atoms with Gasteiger partial charge >= 0.3 is 0 Å². The zero-order chi connectivity index (χ0) is 13.2. The Kier molecular flexibility index (Phi) is 3.89. The van der Waals surface area contributed by atoms with Gasteiger partial charge in [-0.2, -0.15) is 5.10 Å². The van der Waals surface area contributed by atoms with E-state index in [1.165, 1.54) is 44.3 Å². The lowest BCUT2D eigenvalue weighted by Crippen LogP contribution is -2.38. The average Bonchev–Trinajstić information content (AvgIpc) is 2.90. The molecule has 4 heteroatoms. The molecule has 1 aliphatic heterocycles. The highest BCUT2D eigenvalue weighted by atomic mass is 15.3. The third-order valence-electron chi connectivity index (χ3n) is 4.25. The Labute approximate surface area is 116 Å². The second-order valence-corrected chi connectivity index (χ2v) is 6.38. The van der Waals surface area contributed by atoms with Crippen molar-refractivity contribution in [3.05, 3.63) is 18.0 Å². The van der Waals surface area contributed by atoms with Crippen LogP contribution in [0.3, 0.4) is 0 Å². The molecule has 1 aromatic rings. The molecule has 2 fully saturated rings. The van der Waals surface area contributed by atoms with E-state index in [2.05, 4.69) is 40.0 Å². The summed E-state index contributed by atoms with van der Waals surface area (Å²) in [6, 6.07) is 1.99.